The molecular weight excluding hydrogens is 727 g/mol. The smallest absolute Gasteiger partial charge is 0.253 e. The van der Waals surface area contributed by atoms with Gasteiger partial charge in [0.1, 0.15) is 8.42 Å². The Morgan fingerprint density at radius 2 is 1.83 bits per heavy atom. The van der Waals surface area contributed by atoms with E-state index in [4.69, 9.17) is 9.88 Å². The van der Waals surface area contributed by atoms with Crippen LogP contribution in [0.5, 0.6) is 0 Å². The van der Waals surface area contributed by atoms with E-state index in [1.807, 2.05) is 25.1 Å². The highest BCUT2D eigenvalue weighted by atomic mass is 32.3. The van der Waals surface area contributed by atoms with Crippen molar-refractivity contribution in [1.29, 1.82) is 0 Å². The van der Waals surface area contributed by atoms with Gasteiger partial charge in [-0.2, -0.15) is 4.31 Å². The normalized spacial score (nSPS) is 23.9. The Morgan fingerprint density at radius 3 is 2.52 bits per heavy atom. The predicted molar refractivity (Wildman–Crippen MR) is 202 cm³/mol. The number of benzene rings is 1. The van der Waals surface area contributed by atoms with Crippen LogP contribution in [0, 0.1) is 11.8 Å². The summed E-state index contributed by atoms with van der Waals surface area (Å²) < 4.78 is 57.3. The van der Waals surface area contributed by atoms with Crippen molar-refractivity contribution in [2.24, 2.45) is 17.0 Å². The summed E-state index contributed by atoms with van der Waals surface area (Å²) in [4.78, 5) is 15.1. The monoisotopic (exact) mass is 783 g/mol. The molecule has 0 spiro atoms. The zero-order chi connectivity index (χ0) is 37.9. The number of nitrogens with two attached hydrogens (primary N) is 1. The van der Waals surface area contributed by atoms with Crippen LogP contribution in [0.2, 0.25) is 0 Å². The topological polar surface area (TPSA) is 188 Å². The molecule has 1 fully saturated rings. The molecule has 2 aliphatic rings. The number of aliphatic hydroxyl groups is 3. The van der Waals surface area contributed by atoms with Crippen molar-refractivity contribution < 1.29 is 41.7 Å². The Hall–Kier alpha value is -2.21. The fourth-order valence-electron chi connectivity index (χ4n) is 7.52. The number of sulfonamides is 2. The number of carbonyl (C=O) groups excluding carboxylic acids is 1. The Bertz CT molecular complexity index is 1670. The third kappa shape index (κ3) is 11.4. The molecule has 1 aromatic heterocycles. The third-order valence-electron chi connectivity index (χ3n) is 10.4. The molecule has 5 N–H and O–H groups in total. The van der Waals surface area contributed by atoms with Crippen LogP contribution in [0.15, 0.2) is 57.0 Å². The standard InChI is InChI=1S/C37H57N3O9S3/c1-3-40(32-26-39(22-13-23-49-2)52(47,48)37-31(32)24-36(50-37)51(38,45)46)35(44)17-12-7-5-4-6-11-16-29-30(34(43)25-33(29)42)21-20-28(41)19-18-27-14-9-8-10-15-27/h6,8-11,14-15,24,28-30,32-34,41-43H,3-5,7,12-13,16-23,25-26H2,1-2H3,(H2,38,45,46)/b11-6-/t28-,29-,30-,32?,33+,34-/m1/s1. The Labute approximate surface area is 313 Å². The number of aryl methyl sites for hydroxylation is 1. The molecule has 15 heteroatoms. The molecule has 1 aromatic carbocycles. The van der Waals surface area contributed by atoms with Gasteiger partial charge in [0.2, 0.25) is 15.9 Å². The van der Waals surface area contributed by atoms with E-state index in [1.54, 1.807) is 4.90 Å². The molecule has 2 aromatic rings. The van der Waals surface area contributed by atoms with Crippen molar-refractivity contribution in [2.45, 2.75) is 117 Å². The van der Waals surface area contributed by atoms with E-state index in [0.717, 1.165) is 25.7 Å². The van der Waals surface area contributed by atoms with Crippen molar-refractivity contribution in [3.63, 3.8) is 0 Å². The van der Waals surface area contributed by atoms with Crippen molar-refractivity contribution in [1.82, 2.24) is 9.21 Å². The molecule has 12 nitrogen and oxygen atoms in total. The lowest BCUT2D eigenvalue weighted by Gasteiger charge is -2.38. The minimum Gasteiger partial charge on any atom is -0.393 e. The van der Waals surface area contributed by atoms with Gasteiger partial charge >= 0.3 is 0 Å². The molecule has 1 unspecified atom stereocenters. The number of hydrogen-bond donors (Lipinski definition) is 4. The number of unbranched alkanes of at least 4 members (excludes halogenated alkanes) is 3. The van der Waals surface area contributed by atoms with E-state index in [-0.39, 0.29) is 45.7 Å². The average Bonchev–Trinajstić information content (AvgIpc) is 3.68. The minimum absolute atomic E-state index is 0.0205. The summed E-state index contributed by atoms with van der Waals surface area (Å²) in [6.07, 6.45) is 10.1. The van der Waals surface area contributed by atoms with Crippen LogP contribution >= 0.6 is 11.3 Å². The largest absolute Gasteiger partial charge is 0.393 e. The number of hydrogen-bond acceptors (Lipinski definition) is 10. The zero-order valence-electron chi connectivity index (χ0n) is 30.4. The number of rotatable bonds is 21. The number of methoxy groups -OCH3 is 1. The van der Waals surface area contributed by atoms with Gasteiger partial charge in [-0.15, -0.1) is 11.3 Å². The van der Waals surface area contributed by atoms with E-state index in [2.05, 4.69) is 24.3 Å². The Morgan fingerprint density at radius 1 is 1.10 bits per heavy atom. The van der Waals surface area contributed by atoms with Crippen LogP contribution in [0.3, 0.4) is 0 Å². The average molecular weight is 784 g/mol. The second-order valence-corrected chi connectivity index (χ2v) is 19.0. The van der Waals surface area contributed by atoms with E-state index in [0.29, 0.717) is 75.0 Å². The highest BCUT2D eigenvalue weighted by molar-refractivity contribution is 7.94. The van der Waals surface area contributed by atoms with E-state index < -0.39 is 44.4 Å². The summed E-state index contributed by atoms with van der Waals surface area (Å²) in [5.41, 5.74) is 1.48. The van der Waals surface area contributed by atoms with Gasteiger partial charge in [-0.3, -0.25) is 4.79 Å². The number of ether oxygens (including phenoxy) is 1. The van der Waals surface area contributed by atoms with Gasteiger partial charge in [-0.05, 0) is 94.6 Å². The predicted octanol–water partition coefficient (Wildman–Crippen LogP) is 4.35. The SMILES string of the molecule is CCN(C(=O)CCCCC/C=C\C[C@@H]1[C@@H](CC[C@H](O)CCc2ccccc2)[C@H](O)C[C@@H]1O)C1CN(CCCOC)S(=O)(=O)c2sc(S(N)(=O)=O)cc21. The van der Waals surface area contributed by atoms with E-state index in [9.17, 15) is 36.9 Å². The maximum absolute atomic E-state index is 13.5. The van der Waals surface area contributed by atoms with Gasteiger partial charge in [0.05, 0.1) is 24.4 Å². The number of fused-ring (bicyclic) bond motifs is 1. The molecule has 4 rings (SSSR count). The van der Waals surface area contributed by atoms with Crippen LogP contribution in [0.1, 0.15) is 94.7 Å². The second-order valence-electron chi connectivity index (χ2n) is 14.0. The second kappa shape index (κ2) is 19.9. The third-order valence-corrected chi connectivity index (χ3v) is 15.3. The quantitative estimate of drug-likeness (QED) is 0.105. The van der Waals surface area contributed by atoms with Gasteiger partial charge in [-0.25, -0.2) is 22.0 Å². The Kier molecular flexibility index (Phi) is 16.3. The highest BCUT2D eigenvalue weighted by Crippen LogP contribution is 2.43. The lowest BCUT2D eigenvalue weighted by Crippen LogP contribution is -2.47. The summed E-state index contributed by atoms with van der Waals surface area (Å²) in [5.74, 6) is -0.240. The first-order valence-corrected chi connectivity index (χ1v) is 22.3. The highest BCUT2D eigenvalue weighted by Gasteiger charge is 2.43. The number of aliphatic hydroxyl groups excluding tert-OH is 3. The number of thiophene rings is 1. The molecule has 292 valence electrons. The van der Waals surface area contributed by atoms with E-state index >= 15 is 0 Å². The van der Waals surface area contributed by atoms with Gasteiger partial charge in [-0.1, -0.05) is 48.9 Å². The summed E-state index contributed by atoms with van der Waals surface area (Å²) in [6.45, 7) is 2.70. The van der Waals surface area contributed by atoms with Crippen LogP contribution in [-0.2, 0) is 36.0 Å². The lowest BCUT2D eigenvalue weighted by molar-refractivity contribution is -0.134. The summed E-state index contributed by atoms with van der Waals surface area (Å²) >= 11 is 0.624. The van der Waals surface area contributed by atoms with Gasteiger partial charge < -0.3 is 25.0 Å². The molecule has 0 radical (unpaired) electrons. The summed E-state index contributed by atoms with van der Waals surface area (Å²) in [5, 5.41) is 37.2. The molecule has 1 aliphatic heterocycles. The summed E-state index contributed by atoms with van der Waals surface area (Å²) in [7, 11) is -6.58. The Balaban J connectivity index is 1.24. The molecule has 0 bridgehead atoms. The molecule has 6 atom stereocenters. The molecule has 52 heavy (non-hydrogen) atoms. The van der Waals surface area contributed by atoms with Gasteiger partial charge in [0.15, 0.2) is 0 Å². The van der Waals surface area contributed by atoms with Crippen molar-refractivity contribution in [2.75, 3.05) is 33.4 Å². The number of primary sulfonamides is 1. The fraction of sp³-hybridized carbons (Fsp3) is 0.649. The van der Waals surface area contributed by atoms with Crippen molar-refractivity contribution in [3.05, 3.63) is 59.7 Å². The van der Waals surface area contributed by atoms with Crippen molar-refractivity contribution >= 4 is 37.3 Å². The number of carbonyl (C=O) groups is 1. The first-order valence-electron chi connectivity index (χ1n) is 18.5. The maximum Gasteiger partial charge on any atom is 0.253 e. The van der Waals surface area contributed by atoms with Crippen LogP contribution < -0.4 is 5.14 Å². The van der Waals surface area contributed by atoms with E-state index in [1.165, 1.54) is 23.0 Å². The zero-order valence-corrected chi connectivity index (χ0v) is 32.8. The number of nitrogens with zero attached hydrogens (tertiary/aromatic N) is 2. The number of amides is 1. The maximum atomic E-state index is 13.5. The number of likely N-dealkylation sites (N-methyl/N-ethyl adjacent to an activating group) is 1. The molecular formula is C37H57N3O9S3. The molecule has 1 saturated carbocycles. The van der Waals surface area contributed by atoms with Gasteiger partial charge in [0.25, 0.3) is 10.0 Å². The van der Waals surface area contributed by atoms with Gasteiger partial charge in [0, 0.05) is 45.3 Å². The van der Waals surface area contributed by atoms with Crippen molar-refractivity contribution in [3.8, 4) is 0 Å². The first-order chi connectivity index (χ1) is 24.8. The molecule has 2 heterocycles. The first kappa shape index (κ1) is 42.5. The molecule has 0 saturated heterocycles. The number of allylic oxidation sites excluding steroid dienone is 2. The van der Waals surface area contributed by atoms with Crippen LogP contribution in [-0.4, -0.2) is 98.9 Å². The molecule has 1 aliphatic carbocycles. The molecule has 1 amide bonds. The summed E-state index contributed by atoms with van der Waals surface area (Å²) in [6, 6.07) is 10.7. The van der Waals surface area contributed by atoms with Crippen LogP contribution in [0.4, 0.5) is 0 Å². The minimum atomic E-state index is -4.14. The fourth-order valence-corrected chi connectivity index (χ4v) is 11.8. The van der Waals surface area contributed by atoms with Crippen LogP contribution in [0.25, 0.3) is 0 Å². The lowest BCUT2D eigenvalue weighted by atomic mass is 9.85.